The van der Waals surface area contributed by atoms with Crippen LogP contribution in [0.15, 0.2) is 52.9 Å². The second kappa shape index (κ2) is 7.82. The lowest BCUT2D eigenvalue weighted by molar-refractivity contribution is 0.0997. The number of carbonyl (C=O) groups is 1. The normalized spacial score (nSPS) is 10.4. The van der Waals surface area contributed by atoms with E-state index in [4.69, 9.17) is 18.6 Å². The van der Waals surface area contributed by atoms with E-state index < -0.39 is 11.7 Å². The van der Waals surface area contributed by atoms with E-state index in [2.05, 4.69) is 5.32 Å². The van der Waals surface area contributed by atoms with Crippen LogP contribution in [0.3, 0.4) is 0 Å². The summed E-state index contributed by atoms with van der Waals surface area (Å²) < 4.78 is 35.1. The van der Waals surface area contributed by atoms with Gasteiger partial charge >= 0.3 is 0 Å². The van der Waals surface area contributed by atoms with Crippen molar-refractivity contribution in [2.45, 2.75) is 0 Å². The molecule has 0 radical (unpaired) electrons. The van der Waals surface area contributed by atoms with Gasteiger partial charge in [-0.05, 0) is 24.3 Å². The quantitative estimate of drug-likeness (QED) is 0.697. The second-order valence-corrected chi connectivity index (χ2v) is 5.51. The molecule has 0 saturated heterocycles. The molecule has 3 aromatic rings. The molecule has 0 aliphatic carbocycles. The van der Waals surface area contributed by atoms with E-state index in [1.807, 2.05) is 0 Å². The van der Waals surface area contributed by atoms with Crippen LogP contribution in [0.1, 0.15) is 10.6 Å². The van der Waals surface area contributed by atoms with Crippen LogP contribution in [0.2, 0.25) is 0 Å². The van der Waals surface area contributed by atoms with Gasteiger partial charge in [-0.25, -0.2) is 4.39 Å². The van der Waals surface area contributed by atoms with Crippen molar-refractivity contribution >= 4 is 11.6 Å². The molecular formula is C20H18FNO5. The molecule has 1 amide bonds. The molecule has 0 bridgehead atoms. The highest BCUT2D eigenvalue weighted by molar-refractivity contribution is 6.03. The molecule has 0 aliphatic rings. The summed E-state index contributed by atoms with van der Waals surface area (Å²) in [6.45, 7) is 0. The van der Waals surface area contributed by atoms with Crippen LogP contribution in [-0.2, 0) is 0 Å². The Bertz CT molecular complexity index is 942. The number of nitrogens with one attached hydrogen (secondary N) is 1. The minimum absolute atomic E-state index is 0.0435. The molecule has 0 unspecified atom stereocenters. The zero-order valence-electron chi connectivity index (χ0n) is 15.0. The van der Waals surface area contributed by atoms with E-state index in [0.717, 1.165) is 0 Å². The van der Waals surface area contributed by atoms with Gasteiger partial charge < -0.3 is 23.9 Å². The SMILES string of the molecule is COc1cc(NC(=O)c2ccc(-c3ccccc3F)o2)cc(OC)c1OC. The average Bonchev–Trinajstić information content (AvgIpc) is 3.17. The van der Waals surface area contributed by atoms with Crippen molar-refractivity contribution < 1.29 is 27.8 Å². The molecule has 3 rings (SSSR count). The van der Waals surface area contributed by atoms with Crippen molar-refractivity contribution in [1.29, 1.82) is 0 Å². The maximum Gasteiger partial charge on any atom is 0.291 e. The third kappa shape index (κ3) is 3.72. The molecule has 140 valence electrons. The van der Waals surface area contributed by atoms with Crippen molar-refractivity contribution in [3.8, 4) is 28.6 Å². The van der Waals surface area contributed by atoms with Gasteiger partial charge in [0, 0.05) is 17.8 Å². The fourth-order valence-electron chi connectivity index (χ4n) is 2.61. The first kappa shape index (κ1) is 18.3. The predicted octanol–water partition coefficient (Wildman–Crippen LogP) is 4.36. The zero-order valence-corrected chi connectivity index (χ0v) is 15.0. The lowest BCUT2D eigenvalue weighted by Gasteiger charge is -2.14. The van der Waals surface area contributed by atoms with Gasteiger partial charge in [0.15, 0.2) is 17.3 Å². The first-order valence-corrected chi connectivity index (χ1v) is 8.03. The molecule has 1 heterocycles. The number of benzene rings is 2. The number of anilines is 1. The standard InChI is InChI=1S/C20H18FNO5/c1-24-17-10-12(11-18(25-2)19(17)26-3)22-20(23)16-9-8-15(27-16)13-6-4-5-7-14(13)21/h4-11H,1-3H3,(H,22,23). The van der Waals surface area contributed by atoms with Crippen LogP contribution in [-0.4, -0.2) is 27.2 Å². The number of ether oxygens (including phenoxy) is 3. The summed E-state index contributed by atoms with van der Waals surface area (Å²) in [5, 5.41) is 2.70. The van der Waals surface area contributed by atoms with Gasteiger partial charge in [-0.15, -0.1) is 0 Å². The summed E-state index contributed by atoms with van der Waals surface area (Å²) in [5.74, 6) is 0.607. The predicted molar refractivity (Wildman–Crippen MR) is 98.2 cm³/mol. The van der Waals surface area contributed by atoms with Crippen LogP contribution >= 0.6 is 0 Å². The van der Waals surface area contributed by atoms with Crippen molar-refractivity contribution in [2.24, 2.45) is 0 Å². The first-order valence-electron chi connectivity index (χ1n) is 8.03. The summed E-state index contributed by atoms with van der Waals surface area (Å²) in [6.07, 6.45) is 0. The van der Waals surface area contributed by atoms with Crippen molar-refractivity contribution in [1.82, 2.24) is 0 Å². The third-order valence-corrected chi connectivity index (χ3v) is 3.89. The highest BCUT2D eigenvalue weighted by Gasteiger charge is 2.18. The van der Waals surface area contributed by atoms with E-state index in [9.17, 15) is 9.18 Å². The molecule has 0 atom stereocenters. The number of furan rings is 1. The minimum Gasteiger partial charge on any atom is -0.493 e. The zero-order chi connectivity index (χ0) is 19.4. The topological polar surface area (TPSA) is 69.9 Å². The number of halogens is 1. The number of carbonyl (C=O) groups excluding carboxylic acids is 1. The number of amides is 1. The number of rotatable bonds is 6. The maximum atomic E-state index is 13.9. The van der Waals surface area contributed by atoms with Crippen molar-refractivity contribution in [3.63, 3.8) is 0 Å². The molecule has 7 heteroatoms. The molecule has 0 saturated carbocycles. The van der Waals surface area contributed by atoms with Crippen LogP contribution in [0.4, 0.5) is 10.1 Å². The minimum atomic E-state index is -0.494. The van der Waals surface area contributed by atoms with Crippen LogP contribution in [0.25, 0.3) is 11.3 Å². The van der Waals surface area contributed by atoms with Crippen LogP contribution in [0.5, 0.6) is 17.2 Å². The second-order valence-electron chi connectivity index (χ2n) is 5.51. The van der Waals surface area contributed by atoms with Gasteiger partial charge in [0.25, 0.3) is 5.91 Å². The average molecular weight is 371 g/mol. The lowest BCUT2D eigenvalue weighted by atomic mass is 10.1. The highest BCUT2D eigenvalue weighted by Crippen LogP contribution is 2.40. The van der Waals surface area contributed by atoms with Gasteiger partial charge in [0.2, 0.25) is 5.75 Å². The van der Waals surface area contributed by atoms with E-state index >= 15 is 0 Å². The van der Waals surface area contributed by atoms with Gasteiger partial charge in [0.1, 0.15) is 11.6 Å². The van der Waals surface area contributed by atoms with Gasteiger partial charge in [-0.2, -0.15) is 0 Å². The van der Waals surface area contributed by atoms with Gasteiger partial charge in [0.05, 0.1) is 26.9 Å². The molecule has 1 N–H and O–H groups in total. The fourth-order valence-corrected chi connectivity index (χ4v) is 2.61. The summed E-state index contributed by atoms with van der Waals surface area (Å²) in [4.78, 5) is 12.5. The molecule has 0 aliphatic heterocycles. The Morgan fingerprint density at radius 1 is 0.963 bits per heavy atom. The Balaban J connectivity index is 1.85. The molecular weight excluding hydrogens is 353 g/mol. The molecule has 1 aromatic heterocycles. The largest absolute Gasteiger partial charge is 0.493 e. The van der Waals surface area contributed by atoms with E-state index in [0.29, 0.717) is 22.9 Å². The monoisotopic (exact) mass is 371 g/mol. The molecule has 0 spiro atoms. The maximum absolute atomic E-state index is 13.9. The lowest BCUT2D eigenvalue weighted by Crippen LogP contribution is -2.11. The van der Waals surface area contributed by atoms with E-state index in [1.165, 1.54) is 33.5 Å². The fraction of sp³-hybridized carbons (Fsp3) is 0.150. The molecule has 6 nitrogen and oxygen atoms in total. The molecule has 27 heavy (non-hydrogen) atoms. The summed E-state index contributed by atoms with van der Waals surface area (Å²) in [6, 6.07) is 12.4. The van der Waals surface area contributed by atoms with Crippen LogP contribution in [0, 0.1) is 5.82 Å². The van der Waals surface area contributed by atoms with E-state index in [1.54, 1.807) is 36.4 Å². The summed E-state index contributed by atoms with van der Waals surface area (Å²) >= 11 is 0. The van der Waals surface area contributed by atoms with E-state index in [-0.39, 0.29) is 17.1 Å². The summed E-state index contributed by atoms with van der Waals surface area (Å²) in [5.41, 5.74) is 0.711. The van der Waals surface area contributed by atoms with Crippen LogP contribution < -0.4 is 19.5 Å². The Hall–Kier alpha value is -3.48. The molecule has 2 aromatic carbocycles. The highest BCUT2D eigenvalue weighted by atomic mass is 19.1. The Kier molecular flexibility index (Phi) is 5.30. The summed E-state index contributed by atoms with van der Waals surface area (Å²) in [7, 11) is 4.46. The Labute approximate surface area is 155 Å². The number of methoxy groups -OCH3 is 3. The third-order valence-electron chi connectivity index (χ3n) is 3.89. The Morgan fingerprint density at radius 2 is 1.63 bits per heavy atom. The Morgan fingerprint density at radius 3 is 2.22 bits per heavy atom. The van der Waals surface area contributed by atoms with Crippen molar-refractivity contribution in [2.75, 3.05) is 26.6 Å². The smallest absolute Gasteiger partial charge is 0.291 e. The first-order chi connectivity index (χ1) is 13.1. The number of hydrogen-bond acceptors (Lipinski definition) is 5. The molecule has 0 fully saturated rings. The van der Waals surface area contributed by atoms with Gasteiger partial charge in [-0.3, -0.25) is 4.79 Å². The van der Waals surface area contributed by atoms with Crippen molar-refractivity contribution in [3.05, 3.63) is 60.1 Å². The van der Waals surface area contributed by atoms with Gasteiger partial charge in [-0.1, -0.05) is 12.1 Å². The number of hydrogen-bond donors (Lipinski definition) is 1.